The molecule has 0 heterocycles. The van der Waals surface area contributed by atoms with Gasteiger partial charge < -0.3 is 10.4 Å². The average molecular weight is 239 g/mol. The second-order valence-electron chi connectivity index (χ2n) is 5.70. The number of aliphatic hydroxyl groups excluding tert-OH is 1. The minimum absolute atomic E-state index is 0.0225. The zero-order valence-electron chi connectivity index (χ0n) is 11.1. The van der Waals surface area contributed by atoms with Crippen LogP contribution in [0.5, 0.6) is 0 Å². The summed E-state index contributed by atoms with van der Waals surface area (Å²) in [5.41, 5.74) is 1.26. The van der Waals surface area contributed by atoms with Gasteiger partial charge in [0.15, 0.2) is 0 Å². The number of rotatable bonds is 6. The van der Waals surface area contributed by atoms with Gasteiger partial charge in [0.2, 0.25) is 5.91 Å². The molecule has 0 aromatic carbocycles. The van der Waals surface area contributed by atoms with E-state index in [9.17, 15) is 4.79 Å². The van der Waals surface area contributed by atoms with Crippen LogP contribution < -0.4 is 5.32 Å². The molecule has 0 bridgehead atoms. The van der Waals surface area contributed by atoms with Crippen molar-refractivity contribution in [3.8, 4) is 0 Å². The molecule has 98 valence electrons. The molecule has 0 unspecified atom stereocenters. The van der Waals surface area contributed by atoms with Gasteiger partial charge in [-0.2, -0.15) is 0 Å². The van der Waals surface area contributed by atoms with Crippen molar-refractivity contribution in [1.29, 1.82) is 0 Å². The topological polar surface area (TPSA) is 49.3 Å². The number of hydrogen-bond acceptors (Lipinski definition) is 2. The third kappa shape index (κ3) is 5.87. The Morgan fingerprint density at radius 3 is 2.82 bits per heavy atom. The Hall–Kier alpha value is -0.830. The molecule has 2 N–H and O–H groups in total. The van der Waals surface area contributed by atoms with Crippen molar-refractivity contribution in [1.82, 2.24) is 5.32 Å². The molecule has 0 aromatic heterocycles. The lowest BCUT2D eigenvalue weighted by molar-refractivity contribution is -0.121. The van der Waals surface area contributed by atoms with Crippen LogP contribution in [0.15, 0.2) is 11.6 Å². The quantitative estimate of drug-likeness (QED) is 0.699. The second kappa shape index (κ2) is 6.80. The van der Waals surface area contributed by atoms with E-state index in [0.29, 0.717) is 13.0 Å². The normalized spacial score (nSPS) is 16.5. The Balaban J connectivity index is 2.27. The van der Waals surface area contributed by atoms with E-state index in [1.165, 1.54) is 18.4 Å². The maximum Gasteiger partial charge on any atom is 0.224 e. The molecule has 0 spiro atoms. The summed E-state index contributed by atoms with van der Waals surface area (Å²) in [5, 5.41) is 11.9. The van der Waals surface area contributed by atoms with Gasteiger partial charge in [-0.3, -0.25) is 4.79 Å². The number of nitrogens with one attached hydrogen (secondary N) is 1. The van der Waals surface area contributed by atoms with Crippen LogP contribution in [0.4, 0.5) is 0 Å². The predicted molar refractivity (Wildman–Crippen MR) is 69.7 cm³/mol. The first kappa shape index (κ1) is 14.2. The van der Waals surface area contributed by atoms with Gasteiger partial charge in [-0.1, -0.05) is 25.5 Å². The standard InChI is InChI=1S/C14H25NO2/c1-14(2,8-9-16)11-15-13(17)10-12-6-4-3-5-7-12/h6,16H,3-5,7-11H2,1-2H3,(H,15,17). The van der Waals surface area contributed by atoms with Gasteiger partial charge >= 0.3 is 0 Å². The van der Waals surface area contributed by atoms with Crippen LogP contribution in [0.1, 0.15) is 52.4 Å². The summed E-state index contributed by atoms with van der Waals surface area (Å²) in [6.45, 7) is 4.93. The van der Waals surface area contributed by atoms with Crippen molar-refractivity contribution in [2.45, 2.75) is 52.4 Å². The Kier molecular flexibility index (Phi) is 5.69. The molecule has 1 aliphatic rings. The average Bonchev–Trinajstić information content (AvgIpc) is 2.28. The number of allylic oxidation sites excluding steroid dienone is 1. The summed E-state index contributed by atoms with van der Waals surface area (Å²) in [5.74, 6) is 0.115. The Labute approximate surface area is 104 Å². The highest BCUT2D eigenvalue weighted by molar-refractivity contribution is 5.78. The zero-order valence-corrected chi connectivity index (χ0v) is 11.1. The maximum absolute atomic E-state index is 11.7. The largest absolute Gasteiger partial charge is 0.396 e. The lowest BCUT2D eigenvalue weighted by Gasteiger charge is -2.24. The first-order valence-electron chi connectivity index (χ1n) is 6.59. The van der Waals surface area contributed by atoms with Crippen LogP contribution in [0.2, 0.25) is 0 Å². The molecule has 0 aromatic rings. The van der Waals surface area contributed by atoms with Gasteiger partial charge in [-0.25, -0.2) is 0 Å². The van der Waals surface area contributed by atoms with Gasteiger partial charge in [-0.05, 0) is 37.5 Å². The van der Waals surface area contributed by atoms with Crippen molar-refractivity contribution in [3.05, 3.63) is 11.6 Å². The SMILES string of the molecule is CC(C)(CCO)CNC(=O)CC1=CCCCC1. The third-order valence-corrected chi connectivity index (χ3v) is 3.33. The van der Waals surface area contributed by atoms with E-state index in [1.807, 2.05) is 0 Å². The highest BCUT2D eigenvalue weighted by Crippen LogP contribution is 2.21. The lowest BCUT2D eigenvalue weighted by atomic mass is 9.89. The molecule has 0 saturated carbocycles. The summed E-state index contributed by atoms with van der Waals surface area (Å²) >= 11 is 0. The number of carbonyl (C=O) groups is 1. The minimum atomic E-state index is -0.0225. The second-order valence-corrected chi connectivity index (χ2v) is 5.70. The van der Waals surface area contributed by atoms with Gasteiger partial charge in [-0.15, -0.1) is 0 Å². The maximum atomic E-state index is 11.7. The third-order valence-electron chi connectivity index (χ3n) is 3.33. The Bertz CT molecular complexity index is 282. The fraction of sp³-hybridized carbons (Fsp3) is 0.786. The first-order valence-corrected chi connectivity index (χ1v) is 6.59. The lowest BCUT2D eigenvalue weighted by Crippen LogP contribution is -2.34. The van der Waals surface area contributed by atoms with E-state index in [0.717, 1.165) is 19.3 Å². The Morgan fingerprint density at radius 2 is 2.24 bits per heavy atom. The van der Waals surface area contributed by atoms with Crippen molar-refractivity contribution in [2.24, 2.45) is 5.41 Å². The van der Waals surface area contributed by atoms with E-state index in [1.54, 1.807) is 0 Å². The molecule has 3 nitrogen and oxygen atoms in total. The number of amides is 1. The predicted octanol–water partition coefficient (Wildman–Crippen LogP) is 2.40. The smallest absolute Gasteiger partial charge is 0.224 e. The highest BCUT2D eigenvalue weighted by atomic mass is 16.3. The van der Waals surface area contributed by atoms with E-state index in [4.69, 9.17) is 5.11 Å². The molecule has 1 amide bonds. The highest BCUT2D eigenvalue weighted by Gasteiger charge is 2.18. The van der Waals surface area contributed by atoms with Crippen LogP contribution in [0.3, 0.4) is 0 Å². The van der Waals surface area contributed by atoms with Crippen molar-refractivity contribution in [3.63, 3.8) is 0 Å². The molecular weight excluding hydrogens is 214 g/mol. The summed E-state index contributed by atoms with van der Waals surface area (Å²) in [6, 6.07) is 0. The molecule has 0 saturated heterocycles. The van der Waals surface area contributed by atoms with E-state index < -0.39 is 0 Å². The molecule has 0 aliphatic heterocycles. The van der Waals surface area contributed by atoms with Gasteiger partial charge in [0, 0.05) is 19.6 Å². The molecule has 0 fully saturated rings. The summed E-state index contributed by atoms with van der Waals surface area (Å²) in [7, 11) is 0. The van der Waals surface area contributed by atoms with Crippen LogP contribution in [-0.4, -0.2) is 24.2 Å². The van der Waals surface area contributed by atoms with Gasteiger partial charge in [0.05, 0.1) is 0 Å². The summed E-state index contributed by atoms with van der Waals surface area (Å²) in [6.07, 6.45) is 8.16. The van der Waals surface area contributed by atoms with Crippen molar-refractivity contribution >= 4 is 5.91 Å². The summed E-state index contributed by atoms with van der Waals surface area (Å²) in [4.78, 5) is 11.7. The van der Waals surface area contributed by atoms with Crippen LogP contribution in [0, 0.1) is 5.41 Å². The van der Waals surface area contributed by atoms with Crippen LogP contribution >= 0.6 is 0 Å². The van der Waals surface area contributed by atoms with E-state index in [-0.39, 0.29) is 17.9 Å². The van der Waals surface area contributed by atoms with Gasteiger partial charge in [0.25, 0.3) is 0 Å². The van der Waals surface area contributed by atoms with Crippen molar-refractivity contribution in [2.75, 3.05) is 13.2 Å². The van der Waals surface area contributed by atoms with E-state index >= 15 is 0 Å². The van der Waals surface area contributed by atoms with Crippen molar-refractivity contribution < 1.29 is 9.90 Å². The zero-order chi connectivity index (χ0) is 12.7. The number of aliphatic hydroxyl groups is 1. The minimum Gasteiger partial charge on any atom is -0.396 e. The molecule has 1 aliphatic carbocycles. The molecule has 0 radical (unpaired) electrons. The monoisotopic (exact) mass is 239 g/mol. The number of hydrogen-bond donors (Lipinski definition) is 2. The van der Waals surface area contributed by atoms with Crippen LogP contribution in [-0.2, 0) is 4.79 Å². The van der Waals surface area contributed by atoms with E-state index in [2.05, 4.69) is 25.2 Å². The fourth-order valence-electron chi connectivity index (χ4n) is 2.06. The molecular formula is C14H25NO2. The summed E-state index contributed by atoms with van der Waals surface area (Å²) < 4.78 is 0. The Morgan fingerprint density at radius 1 is 1.47 bits per heavy atom. The molecule has 0 atom stereocenters. The van der Waals surface area contributed by atoms with Crippen LogP contribution in [0.25, 0.3) is 0 Å². The van der Waals surface area contributed by atoms with Gasteiger partial charge in [0.1, 0.15) is 0 Å². The molecule has 17 heavy (non-hydrogen) atoms. The fourth-order valence-corrected chi connectivity index (χ4v) is 2.06. The molecule has 3 heteroatoms. The first-order chi connectivity index (χ1) is 8.03. The number of carbonyl (C=O) groups excluding carboxylic acids is 1. The molecule has 1 rings (SSSR count).